The van der Waals surface area contributed by atoms with Gasteiger partial charge in [-0.05, 0) is 48.9 Å². The molecule has 2 heterocycles. The van der Waals surface area contributed by atoms with Gasteiger partial charge in [-0.2, -0.15) is 0 Å². The molecule has 1 saturated heterocycles. The summed E-state index contributed by atoms with van der Waals surface area (Å²) in [5.41, 5.74) is 1.40. The highest BCUT2D eigenvalue weighted by molar-refractivity contribution is 7.91. The molecular weight excluding hydrogens is 465 g/mol. The molecule has 9 heteroatoms. The second-order valence-electron chi connectivity index (χ2n) is 7.49. The van der Waals surface area contributed by atoms with Crippen molar-refractivity contribution in [3.8, 4) is 5.75 Å². The number of unbranched alkanes of at least 4 members (excludes halogenated alkanes) is 1. The molecule has 1 fully saturated rings. The quantitative estimate of drug-likeness (QED) is 0.467. The lowest BCUT2D eigenvalue weighted by atomic mass is 10.1. The average molecular weight is 490 g/mol. The minimum Gasteiger partial charge on any atom is -0.490 e. The summed E-state index contributed by atoms with van der Waals surface area (Å²) in [4.78, 5) is 16.1. The van der Waals surface area contributed by atoms with Crippen molar-refractivity contribution in [2.24, 2.45) is 0 Å². The summed E-state index contributed by atoms with van der Waals surface area (Å²) in [6, 6.07) is 4.72. The van der Waals surface area contributed by atoms with E-state index >= 15 is 0 Å². The SMILES string of the molecule is CCCCOc1c(Cl)cc(C(=O)N(Cc2sccc2C)[C@H]2CCS(=O)(=O)C2)cc1Cl. The highest BCUT2D eigenvalue weighted by atomic mass is 35.5. The van der Waals surface area contributed by atoms with Gasteiger partial charge in [0.15, 0.2) is 15.6 Å². The van der Waals surface area contributed by atoms with Gasteiger partial charge in [0.25, 0.3) is 5.91 Å². The summed E-state index contributed by atoms with van der Waals surface area (Å²) in [5, 5.41) is 2.51. The highest BCUT2D eigenvalue weighted by Gasteiger charge is 2.35. The molecule has 164 valence electrons. The van der Waals surface area contributed by atoms with E-state index in [2.05, 4.69) is 6.92 Å². The number of carbonyl (C=O) groups is 1. The van der Waals surface area contributed by atoms with Crippen molar-refractivity contribution in [3.05, 3.63) is 49.6 Å². The Balaban J connectivity index is 1.89. The van der Waals surface area contributed by atoms with Crippen LogP contribution in [0, 0.1) is 6.92 Å². The van der Waals surface area contributed by atoms with Crippen molar-refractivity contribution < 1.29 is 17.9 Å². The van der Waals surface area contributed by atoms with E-state index in [1.807, 2.05) is 18.4 Å². The first kappa shape index (κ1) is 23.4. The normalized spacial score (nSPS) is 17.8. The number of thiophene rings is 1. The van der Waals surface area contributed by atoms with Gasteiger partial charge in [0, 0.05) is 16.5 Å². The number of benzene rings is 1. The maximum absolute atomic E-state index is 13.4. The Labute approximate surface area is 191 Å². The monoisotopic (exact) mass is 489 g/mol. The Morgan fingerprint density at radius 3 is 2.53 bits per heavy atom. The molecule has 0 N–H and O–H groups in total. The van der Waals surface area contributed by atoms with Crippen LogP contribution in [0.4, 0.5) is 0 Å². The maximum Gasteiger partial charge on any atom is 0.254 e. The second kappa shape index (κ2) is 9.90. The van der Waals surface area contributed by atoms with E-state index in [9.17, 15) is 13.2 Å². The van der Waals surface area contributed by atoms with Crippen molar-refractivity contribution in [3.63, 3.8) is 0 Å². The smallest absolute Gasteiger partial charge is 0.254 e. The molecule has 2 aromatic rings. The van der Waals surface area contributed by atoms with Gasteiger partial charge in [-0.15, -0.1) is 11.3 Å². The molecule has 0 saturated carbocycles. The van der Waals surface area contributed by atoms with E-state index in [-0.39, 0.29) is 33.5 Å². The lowest BCUT2D eigenvalue weighted by Crippen LogP contribution is -2.40. The van der Waals surface area contributed by atoms with Gasteiger partial charge in [0.1, 0.15) is 0 Å². The largest absolute Gasteiger partial charge is 0.490 e. The van der Waals surface area contributed by atoms with Gasteiger partial charge in [-0.25, -0.2) is 8.42 Å². The van der Waals surface area contributed by atoms with Crippen LogP contribution in [-0.4, -0.2) is 43.4 Å². The first-order valence-electron chi connectivity index (χ1n) is 9.88. The molecule has 5 nitrogen and oxygen atoms in total. The van der Waals surface area contributed by atoms with Crippen molar-refractivity contribution in [1.82, 2.24) is 4.90 Å². The molecule has 1 atom stereocenters. The molecule has 1 aromatic heterocycles. The third-order valence-corrected chi connectivity index (χ3v) is 8.50. The van der Waals surface area contributed by atoms with Crippen LogP contribution in [0.5, 0.6) is 5.75 Å². The molecule has 0 unspecified atom stereocenters. The lowest BCUT2D eigenvalue weighted by Gasteiger charge is -2.28. The number of carbonyl (C=O) groups excluding carboxylic acids is 1. The fourth-order valence-corrected chi connectivity index (χ4v) is 6.65. The molecular formula is C21H25Cl2NO4S2. The molecule has 30 heavy (non-hydrogen) atoms. The summed E-state index contributed by atoms with van der Waals surface area (Å²) in [6.45, 7) is 4.89. The zero-order valence-electron chi connectivity index (χ0n) is 17.0. The number of hydrogen-bond acceptors (Lipinski definition) is 5. The van der Waals surface area contributed by atoms with Gasteiger partial charge in [0.05, 0.1) is 34.7 Å². The van der Waals surface area contributed by atoms with Crippen LogP contribution in [-0.2, 0) is 16.4 Å². The molecule has 1 aliphatic rings. The van der Waals surface area contributed by atoms with E-state index in [1.165, 1.54) is 0 Å². The second-order valence-corrected chi connectivity index (χ2v) is 11.5. The van der Waals surface area contributed by atoms with E-state index in [1.54, 1.807) is 28.4 Å². The van der Waals surface area contributed by atoms with Crippen LogP contribution in [0.3, 0.4) is 0 Å². The number of amides is 1. The highest BCUT2D eigenvalue weighted by Crippen LogP contribution is 2.35. The fourth-order valence-electron chi connectivity index (χ4n) is 3.41. The summed E-state index contributed by atoms with van der Waals surface area (Å²) in [5.74, 6) is 0.153. The van der Waals surface area contributed by atoms with E-state index < -0.39 is 9.84 Å². The Morgan fingerprint density at radius 1 is 1.30 bits per heavy atom. The molecule has 0 bridgehead atoms. The first-order chi connectivity index (χ1) is 14.2. The third-order valence-electron chi connectivity index (χ3n) is 5.18. The minimum atomic E-state index is -3.14. The summed E-state index contributed by atoms with van der Waals surface area (Å²) >= 11 is 14.3. The molecule has 0 spiro atoms. The number of halogens is 2. The number of hydrogen-bond donors (Lipinski definition) is 0. The van der Waals surface area contributed by atoms with Crippen molar-refractivity contribution in [1.29, 1.82) is 0 Å². The van der Waals surface area contributed by atoms with Crippen LogP contribution >= 0.6 is 34.5 Å². The first-order valence-corrected chi connectivity index (χ1v) is 13.3. The van der Waals surface area contributed by atoms with E-state index in [0.717, 1.165) is 23.3 Å². The lowest BCUT2D eigenvalue weighted by molar-refractivity contribution is 0.0683. The minimum absolute atomic E-state index is 0.0250. The van der Waals surface area contributed by atoms with Gasteiger partial charge in [-0.1, -0.05) is 36.5 Å². The van der Waals surface area contributed by atoms with Gasteiger partial charge >= 0.3 is 0 Å². The van der Waals surface area contributed by atoms with Crippen LogP contribution in [0.15, 0.2) is 23.6 Å². The maximum atomic E-state index is 13.4. The zero-order chi connectivity index (χ0) is 21.9. The molecule has 1 aromatic carbocycles. The standard InChI is InChI=1S/C21H25Cl2NO4S2/c1-3-4-7-28-20-17(22)10-15(11-18(20)23)21(25)24(12-19-14(2)5-8-29-19)16-6-9-30(26,27)13-16/h5,8,10-11,16H,3-4,6-7,9,12-13H2,1-2H3/t16-/m0/s1. The molecule has 0 radical (unpaired) electrons. The Bertz CT molecular complexity index is 997. The van der Waals surface area contributed by atoms with Gasteiger partial charge in [-0.3, -0.25) is 4.79 Å². The summed E-state index contributed by atoms with van der Waals surface area (Å²) in [7, 11) is -3.14. The summed E-state index contributed by atoms with van der Waals surface area (Å²) in [6.07, 6.45) is 2.28. The van der Waals surface area contributed by atoms with Crippen LogP contribution in [0.1, 0.15) is 47.0 Å². The van der Waals surface area contributed by atoms with Crippen molar-refractivity contribution in [2.45, 2.75) is 45.7 Å². The molecule has 1 amide bonds. The summed E-state index contributed by atoms with van der Waals surface area (Å²) < 4.78 is 29.8. The number of ether oxygens (including phenoxy) is 1. The number of rotatable bonds is 8. The average Bonchev–Trinajstić information content (AvgIpc) is 3.25. The Morgan fingerprint density at radius 2 is 2.00 bits per heavy atom. The molecule has 0 aliphatic carbocycles. The van der Waals surface area contributed by atoms with E-state index in [4.69, 9.17) is 27.9 Å². The van der Waals surface area contributed by atoms with Gasteiger partial charge in [0.2, 0.25) is 0 Å². The van der Waals surface area contributed by atoms with Crippen molar-refractivity contribution >= 4 is 50.3 Å². The zero-order valence-corrected chi connectivity index (χ0v) is 20.1. The fraction of sp³-hybridized carbons (Fsp3) is 0.476. The van der Waals surface area contributed by atoms with Crippen LogP contribution in [0.25, 0.3) is 0 Å². The predicted molar refractivity (Wildman–Crippen MR) is 123 cm³/mol. The van der Waals surface area contributed by atoms with Crippen LogP contribution < -0.4 is 4.74 Å². The van der Waals surface area contributed by atoms with E-state index in [0.29, 0.717) is 30.9 Å². The topological polar surface area (TPSA) is 63.7 Å². The molecule has 1 aliphatic heterocycles. The Hall–Kier alpha value is -1.28. The Kier molecular flexibility index (Phi) is 7.71. The number of aryl methyl sites for hydroxylation is 1. The predicted octanol–water partition coefficient (Wildman–Crippen LogP) is 5.37. The van der Waals surface area contributed by atoms with Crippen LogP contribution in [0.2, 0.25) is 10.0 Å². The molecule has 3 rings (SSSR count). The van der Waals surface area contributed by atoms with Crippen molar-refractivity contribution in [2.75, 3.05) is 18.1 Å². The van der Waals surface area contributed by atoms with Gasteiger partial charge < -0.3 is 9.64 Å². The third kappa shape index (κ3) is 5.49. The number of nitrogens with zero attached hydrogens (tertiary/aromatic N) is 1. The number of sulfone groups is 1.